The van der Waals surface area contributed by atoms with Crippen LogP contribution in [0, 0.1) is 11.8 Å². The molecule has 0 bridgehead atoms. The Labute approximate surface area is 162 Å². The smallest absolute Gasteiger partial charge is 0.274 e. The molecule has 0 saturated carbocycles. The van der Waals surface area contributed by atoms with Gasteiger partial charge in [-0.2, -0.15) is 0 Å². The summed E-state index contributed by atoms with van der Waals surface area (Å²) in [4.78, 5) is 0.382. The van der Waals surface area contributed by atoms with Crippen LogP contribution in [0.4, 0.5) is 0 Å². The molecule has 0 saturated heterocycles. The Hall–Kier alpha value is -2.41. The molecule has 2 heterocycles. The van der Waals surface area contributed by atoms with Gasteiger partial charge >= 0.3 is 0 Å². The summed E-state index contributed by atoms with van der Waals surface area (Å²) < 4.78 is 25.1. The van der Waals surface area contributed by atoms with Crippen LogP contribution in [0.1, 0.15) is 18.1 Å². The predicted octanol–water partition coefficient (Wildman–Crippen LogP) is 4.93. The maximum Gasteiger partial charge on any atom is 0.274 e. The lowest BCUT2D eigenvalue weighted by molar-refractivity contribution is -0.180. The van der Waals surface area contributed by atoms with Crippen molar-refractivity contribution in [2.45, 2.75) is 25.7 Å². The molecule has 27 heavy (non-hydrogen) atoms. The second-order valence-corrected chi connectivity index (χ2v) is 7.14. The average molecular weight is 383 g/mol. The first-order chi connectivity index (χ1) is 13.0. The number of nitrogens with zero attached hydrogens (tertiary/aromatic N) is 1. The molecule has 1 aliphatic heterocycles. The van der Waals surface area contributed by atoms with Gasteiger partial charge in [0.05, 0.1) is 11.2 Å². The van der Waals surface area contributed by atoms with Crippen LogP contribution in [0.5, 0.6) is 5.75 Å². The highest BCUT2D eigenvalue weighted by atomic mass is 32.1. The van der Waals surface area contributed by atoms with Crippen LogP contribution >= 0.6 is 12.2 Å². The molecule has 0 amide bonds. The van der Waals surface area contributed by atoms with Gasteiger partial charge in [-0.15, -0.1) is 0 Å². The van der Waals surface area contributed by atoms with Crippen LogP contribution in [-0.4, -0.2) is 30.7 Å². The Morgan fingerprint density at radius 1 is 1.11 bits per heavy atom. The topological polar surface area (TPSA) is 45.8 Å². The summed E-state index contributed by atoms with van der Waals surface area (Å²) in [6.45, 7) is 3.97. The zero-order valence-corrected chi connectivity index (χ0v) is 16.5. The van der Waals surface area contributed by atoms with Gasteiger partial charge in [-0.25, -0.2) is 0 Å². The number of hydrogen-bond donors (Lipinski definition) is 0. The van der Waals surface area contributed by atoms with Crippen molar-refractivity contribution in [3.05, 3.63) is 64.5 Å². The molecule has 6 heteroatoms. The van der Waals surface area contributed by atoms with Gasteiger partial charge < -0.3 is 18.6 Å². The van der Waals surface area contributed by atoms with Crippen molar-refractivity contribution in [2.75, 3.05) is 14.2 Å². The van der Waals surface area contributed by atoms with E-state index < -0.39 is 11.9 Å². The second-order valence-electron chi connectivity index (χ2n) is 6.79. The van der Waals surface area contributed by atoms with E-state index in [9.17, 15) is 0 Å². The molecule has 5 nitrogen and oxygen atoms in total. The molecule has 0 N–H and O–H groups in total. The van der Waals surface area contributed by atoms with Crippen molar-refractivity contribution in [2.24, 2.45) is 0 Å². The van der Waals surface area contributed by atoms with E-state index in [1.54, 1.807) is 14.2 Å². The zero-order chi connectivity index (χ0) is 19.2. The van der Waals surface area contributed by atoms with Crippen molar-refractivity contribution in [3.63, 3.8) is 0 Å². The fraction of sp³-hybridized carbons (Fsp3) is 0.286. The number of hydrogen-bond acceptors (Lipinski definition) is 5. The van der Waals surface area contributed by atoms with Crippen molar-refractivity contribution in [3.8, 4) is 5.75 Å². The van der Waals surface area contributed by atoms with Crippen LogP contribution in [0.2, 0.25) is 0 Å². The van der Waals surface area contributed by atoms with Gasteiger partial charge in [-0.3, -0.25) is 4.57 Å². The highest BCUT2D eigenvalue weighted by molar-refractivity contribution is 7.71. The summed E-state index contributed by atoms with van der Waals surface area (Å²) in [5.41, 5.74) is 3.76. The molecule has 2 aromatic carbocycles. The molecule has 0 spiro atoms. The van der Waals surface area contributed by atoms with E-state index in [4.69, 9.17) is 30.8 Å². The summed E-state index contributed by atoms with van der Waals surface area (Å²) in [5, 5.41) is 0. The Kier molecular flexibility index (Phi) is 4.42. The minimum atomic E-state index is -0.838. The molecule has 1 aromatic heterocycles. The van der Waals surface area contributed by atoms with Gasteiger partial charge in [0, 0.05) is 19.8 Å². The van der Waals surface area contributed by atoms with Gasteiger partial charge in [0.25, 0.3) is 4.84 Å². The quantitative estimate of drug-likeness (QED) is 0.472. The Morgan fingerprint density at radius 3 is 2.59 bits per heavy atom. The predicted molar refractivity (Wildman–Crippen MR) is 106 cm³/mol. The molecule has 3 aromatic rings. The lowest BCUT2D eigenvalue weighted by Crippen LogP contribution is -2.47. The molecule has 0 fully saturated rings. The van der Waals surface area contributed by atoms with Crippen LogP contribution in [-0.2, 0) is 9.47 Å². The van der Waals surface area contributed by atoms with E-state index >= 15 is 0 Å². The number of benzene rings is 2. The van der Waals surface area contributed by atoms with Gasteiger partial charge in [-0.1, -0.05) is 18.2 Å². The second kappa shape index (κ2) is 6.64. The summed E-state index contributed by atoms with van der Waals surface area (Å²) in [7, 11) is 3.19. The third kappa shape index (κ3) is 2.90. The largest absolute Gasteiger partial charge is 0.477 e. The van der Waals surface area contributed by atoms with Crippen LogP contribution in [0.15, 0.2) is 53.0 Å². The minimum absolute atomic E-state index is 0.382. The number of methoxy groups -OCH3 is 2. The van der Waals surface area contributed by atoms with E-state index in [-0.39, 0.29) is 0 Å². The lowest BCUT2D eigenvalue weighted by atomic mass is 9.96. The van der Waals surface area contributed by atoms with E-state index in [1.807, 2.05) is 60.9 Å². The van der Waals surface area contributed by atoms with E-state index in [0.717, 1.165) is 33.7 Å². The first-order valence-corrected chi connectivity index (χ1v) is 9.07. The maximum atomic E-state index is 6.26. The van der Waals surface area contributed by atoms with Crippen LogP contribution < -0.4 is 4.74 Å². The first-order valence-electron chi connectivity index (χ1n) is 8.66. The monoisotopic (exact) mass is 383 g/mol. The van der Waals surface area contributed by atoms with Crippen LogP contribution in [0.25, 0.3) is 16.8 Å². The highest BCUT2D eigenvalue weighted by Crippen LogP contribution is 2.40. The van der Waals surface area contributed by atoms with Gasteiger partial charge in [0.2, 0.25) is 6.29 Å². The van der Waals surface area contributed by atoms with Gasteiger partial charge in [0.1, 0.15) is 5.75 Å². The van der Waals surface area contributed by atoms with Crippen molar-refractivity contribution in [1.82, 2.24) is 4.57 Å². The van der Waals surface area contributed by atoms with Gasteiger partial charge in [0.15, 0.2) is 11.2 Å². The number of ether oxygens (including phenoxy) is 3. The summed E-state index contributed by atoms with van der Waals surface area (Å²) in [5.74, 6) is 0.737. The van der Waals surface area contributed by atoms with E-state index in [0.29, 0.717) is 4.84 Å². The first kappa shape index (κ1) is 18.0. The normalized spacial score (nSPS) is 19.1. The molecule has 0 radical (unpaired) electrons. The number of rotatable bonds is 4. The molecule has 1 unspecified atom stereocenters. The molecule has 1 atom stereocenters. The van der Waals surface area contributed by atoms with E-state index in [2.05, 4.69) is 6.07 Å². The standard InChI is InChI=1S/C21H21NO4S/c1-13-9-10-18-15(11-13)22(20(27)25-18)16-12-21(2,19(23-3)24-4)26-17-8-6-5-7-14(16)17/h5-12,19H,1-4H3. The third-order valence-corrected chi connectivity index (χ3v) is 5.05. The minimum Gasteiger partial charge on any atom is -0.477 e. The molecular weight excluding hydrogens is 362 g/mol. The fourth-order valence-corrected chi connectivity index (χ4v) is 3.89. The van der Waals surface area contributed by atoms with E-state index in [1.165, 1.54) is 0 Å². The number of oxazole rings is 1. The molecule has 140 valence electrons. The number of aryl methyl sites for hydroxylation is 1. The fourth-order valence-electron chi connectivity index (χ4n) is 3.60. The average Bonchev–Trinajstić information content (AvgIpc) is 2.96. The van der Waals surface area contributed by atoms with Crippen molar-refractivity contribution in [1.29, 1.82) is 0 Å². The van der Waals surface area contributed by atoms with Crippen molar-refractivity contribution < 1.29 is 18.6 Å². The highest BCUT2D eigenvalue weighted by Gasteiger charge is 2.40. The SMILES string of the molecule is COC(OC)C1(C)C=C(n2c(=S)oc3ccc(C)cc32)c2ccccc2O1. The molecular formula is C21H21NO4S. The Balaban J connectivity index is 2.02. The molecule has 1 aliphatic rings. The Bertz CT molecular complexity index is 1090. The summed E-state index contributed by atoms with van der Waals surface area (Å²) in [6, 6.07) is 13.9. The number of aromatic nitrogens is 1. The lowest BCUT2D eigenvalue weighted by Gasteiger charge is -2.38. The number of fused-ring (bicyclic) bond motifs is 2. The molecule has 0 aliphatic carbocycles. The maximum absolute atomic E-state index is 6.26. The number of para-hydroxylation sites is 1. The van der Waals surface area contributed by atoms with Crippen LogP contribution in [0.3, 0.4) is 0 Å². The van der Waals surface area contributed by atoms with Gasteiger partial charge in [-0.05, 0) is 62.0 Å². The molecule has 4 rings (SSSR count). The van der Waals surface area contributed by atoms with Crippen molar-refractivity contribution >= 4 is 29.0 Å². The zero-order valence-electron chi connectivity index (χ0n) is 15.7. The summed E-state index contributed by atoms with van der Waals surface area (Å²) >= 11 is 5.56. The summed E-state index contributed by atoms with van der Waals surface area (Å²) in [6.07, 6.45) is 1.40. The third-order valence-electron chi connectivity index (χ3n) is 4.79. The Morgan fingerprint density at radius 2 is 1.85 bits per heavy atom.